The van der Waals surface area contributed by atoms with Gasteiger partial charge in [-0.25, -0.2) is 0 Å². The van der Waals surface area contributed by atoms with Crippen molar-refractivity contribution in [1.29, 1.82) is 0 Å². The van der Waals surface area contributed by atoms with E-state index in [1.807, 2.05) is 6.92 Å². The van der Waals surface area contributed by atoms with Gasteiger partial charge in [-0.2, -0.15) is 0 Å². The number of fused-ring (bicyclic) bond motifs is 1. The maximum Gasteiger partial charge on any atom is 0.325 e. The SMILES string of the molecule is COC(=O)CN1C(=O)C(C)Cc2cnccc21. The highest BCUT2D eigenvalue weighted by Crippen LogP contribution is 2.29. The molecule has 5 nitrogen and oxygen atoms in total. The van der Waals surface area contributed by atoms with Crippen LogP contribution in [0.25, 0.3) is 0 Å². The largest absolute Gasteiger partial charge is 0.468 e. The van der Waals surface area contributed by atoms with Gasteiger partial charge in [0, 0.05) is 18.3 Å². The zero-order valence-electron chi connectivity index (χ0n) is 9.84. The minimum absolute atomic E-state index is 0.0450. The van der Waals surface area contributed by atoms with Crippen molar-refractivity contribution in [2.45, 2.75) is 13.3 Å². The third-order valence-corrected chi connectivity index (χ3v) is 2.90. The topological polar surface area (TPSA) is 59.5 Å². The Hall–Kier alpha value is -1.91. The zero-order valence-corrected chi connectivity index (χ0v) is 9.84. The average molecular weight is 234 g/mol. The van der Waals surface area contributed by atoms with Crippen LogP contribution in [0.5, 0.6) is 0 Å². The molecular formula is C12H14N2O3. The third-order valence-electron chi connectivity index (χ3n) is 2.90. The van der Waals surface area contributed by atoms with Crippen molar-refractivity contribution < 1.29 is 14.3 Å². The molecule has 17 heavy (non-hydrogen) atoms. The number of rotatable bonds is 2. The number of esters is 1. The van der Waals surface area contributed by atoms with Crippen LogP contribution in [-0.4, -0.2) is 30.5 Å². The Morgan fingerprint density at radius 3 is 3.12 bits per heavy atom. The van der Waals surface area contributed by atoms with E-state index in [1.165, 1.54) is 12.0 Å². The fraction of sp³-hybridized carbons (Fsp3) is 0.417. The standard InChI is InChI=1S/C12H14N2O3/c1-8-5-9-6-13-4-3-10(9)14(12(8)16)7-11(15)17-2/h3-4,6,8H,5,7H2,1-2H3. The number of ether oxygens (including phenoxy) is 1. The maximum atomic E-state index is 12.0. The summed E-state index contributed by atoms with van der Waals surface area (Å²) in [6, 6.07) is 1.75. The smallest absolute Gasteiger partial charge is 0.325 e. The highest BCUT2D eigenvalue weighted by Gasteiger charge is 2.31. The van der Waals surface area contributed by atoms with E-state index >= 15 is 0 Å². The summed E-state index contributed by atoms with van der Waals surface area (Å²) in [7, 11) is 1.31. The fourth-order valence-corrected chi connectivity index (χ4v) is 2.00. The summed E-state index contributed by atoms with van der Waals surface area (Å²) in [5, 5.41) is 0. The van der Waals surface area contributed by atoms with E-state index in [0.717, 1.165) is 11.3 Å². The number of pyridine rings is 1. The van der Waals surface area contributed by atoms with Crippen molar-refractivity contribution in [1.82, 2.24) is 4.98 Å². The van der Waals surface area contributed by atoms with E-state index in [2.05, 4.69) is 9.72 Å². The lowest BCUT2D eigenvalue weighted by Crippen LogP contribution is -2.43. The van der Waals surface area contributed by atoms with E-state index in [1.54, 1.807) is 18.5 Å². The molecule has 0 fully saturated rings. The summed E-state index contributed by atoms with van der Waals surface area (Å²) in [4.78, 5) is 28.9. The molecular weight excluding hydrogens is 220 g/mol. The van der Waals surface area contributed by atoms with Gasteiger partial charge in [0.1, 0.15) is 6.54 Å². The van der Waals surface area contributed by atoms with Gasteiger partial charge in [-0.15, -0.1) is 0 Å². The van der Waals surface area contributed by atoms with Crippen molar-refractivity contribution in [3.05, 3.63) is 24.0 Å². The van der Waals surface area contributed by atoms with Gasteiger partial charge in [0.15, 0.2) is 0 Å². The molecule has 0 bridgehead atoms. The number of hydrogen-bond donors (Lipinski definition) is 0. The summed E-state index contributed by atoms with van der Waals surface area (Å²) in [6.07, 6.45) is 4.02. The molecule has 1 unspecified atom stereocenters. The third kappa shape index (κ3) is 2.13. The monoisotopic (exact) mass is 234 g/mol. The molecule has 0 aliphatic carbocycles. The number of nitrogens with zero attached hydrogens (tertiary/aromatic N) is 2. The zero-order chi connectivity index (χ0) is 12.4. The van der Waals surface area contributed by atoms with E-state index in [0.29, 0.717) is 6.42 Å². The normalized spacial score (nSPS) is 18.8. The van der Waals surface area contributed by atoms with Crippen LogP contribution in [-0.2, 0) is 20.7 Å². The Balaban J connectivity index is 2.35. The van der Waals surface area contributed by atoms with Crippen molar-refractivity contribution >= 4 is 17.6 Å². The average Bonchev–Trinajstić information content (AvgIpc) is 2.34. The van der Waals surface area contributed by atoms with Crippen molar-refractivity contribution in [3.63, 3.8) is 0 Å². The van der Waals surface area contributed by atoms with Gasteiger partial charge in [0.2, 0.25) is 5.91 Å². The molecule has 2 heterocycles. The fourth-order valence-electron chi connectivity index (χ4n) is 2.00. The molecule has 1 atom stereocenters. The summed E-state index contributed by atoms with van der Waals surface area (Å²) in [5.74, 6) is -0.597. The lowest BCUT2D eigenvalue weighted by atomic mass is 9.94. The van der Waals surface area contributed by atoms with Gasteiger partial charge in [-0.3, -0.25) is 14.6 Å². The predicted octanol–water partition coefficient (Wildman–Crippen LogP) is 0.780. The molecule has 1 aliphatic rings. The first-order valence-electron chi connectivity index (χ1n) is 5.44. The van der Waals surface area contributed by atoms with Crippen LogP contribution >= 0.6 is 0 Å². The van der Waals surface area contributed by atoms with Gasteiger partial charge in [0.05, 0.1) is 12.8 Å². The molecule has 0 aromatic carbocycles. The van der Waals surface area contributed by atoms with Gasteiger partial charge < -0.3 is 9.64 Å². The first kappa shape index (κ1) is 11.6. The summed E-state index contributed by atoms with van der Waals surface area (Å²) in [6.45, 7) is 1.80. The molecule has 0 spiro atoms. The molecule has 5 heteroatoms. The van der Waals surface area contributed by atoms with Gasteiger partial charge >= 0.3 is 5.97 Å². The van der Waals surface area contributed by atoms with E-state index in [-0.39, 0.29) is 18.4 Å². The number of aromatic nitrogens is 1. The number of carbonyl (C=O) groups is 2. The quantitative estimate of drug-likeness (QED) is 0.709. The highest BCUT2D eigenvalue weighted by molar-refractivity contribution is 6.01. The second-order valence-electron chi connectivity index (χ2n) is 4.11. The lowest BCUT2D eigenvalue weighted by molar-refractivity contribution is -0.140. The molecule has 1 amide bonds. The van der Waals surface area contributed by atoms with Crippen LogP contribution in [0.3, 0.4) is 0 Å². The minimum Gasteiger partial charge on any atom is -0.468 e. The molecule has 90 valence electrons. The molecule has 1 aromatic heterocycles. The van der Waals surface area contributed by atoms with E-state index in [9.17, 15) is 9.59 Å². The van der Waals surface area contributed by atoms with Crippen LogP contribution in [0.1, 0.15) is 12.5 Å². The predicted molar refractivity (Wildman–Crippen MR) is 61.5 cm³/mol. The molecule has 0 saturated carbocycles. The number of hydrogen-bond acceptors (Lipinski definition) is 4. The number of methoxy groups -OCH3 is 1. The first-order valence-corrected chi connectivity index (χ1v) is 5.44. The van der Waals surface area contributed by atoms with Gasteiger partial charge in [-0.1, -0.05) is 6.92 Å². The molecule has 2 rings (SSSR count). The molecule has 0 N–H and O–H groups in total. The summed E-state index contributed by atoms with van der Waals surface area (Å²) in [5.41, 5.74) is 1.75. The Bertz CT molecular complexity index is 459. The lowest BCUT2D eigenvalue weighted by Gasteiger charge is -2.31. The first-order chi connectivity index (χ1) is 8.13. The summed E-state index contributed by atoms with van der Waals surface area (Å²) >= 11 is 0. The maximum absolute atomic E-state index is 12.0. The van der Waals surface area contributed by atoms with E-state index in [4.69, 9.17) is 0 Å². The van der Waals surface area contributed by atoms with Crippen LogP contribution in [0.2, 0.25) is 0 Å². The van der Waals surface area contributed by atoms with Crippen LogP contribution in [0.4, 0.5) is 5.69 Å². The number of amides is 1. The minimum atomic E-state index is -0.421. The number of anilines is 1. The Kier molecular flexibility index (Phi) is 3.08. The second kappa shape index (κ2) is 4.53. The molecule has 1 aliphatic heterocycles. The van der Waals surface area contributed by atoms with Crippen molar-refractivity contribution in [2.75, 3.05) is 18.6 Å². The summed E-state index contributed by atoms with van der Waals surface area (Å²) < 4.78 is 4.60. The highest BCUT2D eigenvalue weighted by atomic mass is 16.5. The molecule has 0 saturated heterocycles. The van der Waals surface area contributed by atoms with Gasteiger partial charge in [-0.05, 0) is 18.1 Å². The van der Waals surface area contributed by atoms with E-state index < -0.39 is 5.97 Å². The van der Waals surface area contributed by atoms with Crippen LogP contribution in [0.15, 0.2) is 18.5 Å². The molecule has 0 radical (unpaired) electrons. The Morgan fingerprint density at radius 2 is 2.41 bits per heavy atom. The van der Waals surface area contributed by atoms with Crippen molar-refractivity contribution in [3.8, 4) is 0 Å². The van der Waals surface area contributed by atoms with Gasteiger partial charge in [0.25, 0.3) is 0 Å². The van der Waals surface area contributed by atoms with Crippen LogP contribution < -0.4 is 4.90 Å². The Morgan fingerprint density at radius 1 is 1.65 bits per heavy atom. The van der Waals surface area contributed by atoms with Crippen molar-refractivity contribution in [2.24, 2.45) is 5.92 Å². The second-order valence-corrected chi connectivity index (χ2v) is 4.11. The van der Waals surface area contributed by atoms with Crippen LogP contribution in [0, 0.1) is 5.92 Å². The number of carbonyl (C=O) groups excluding carboxylic acids is 2. The Labute approximate surface area is 99.4 Å². The molecule has 1 aromatic rings.